The molecule has 1 atom stereocenters. The number of ether oxygens (including phenoxy) is 3. The van der Waals surface area contributed by atoms with E-state index in [-0.39, 0.29) is 22.2 Å². The second-order valence-electron chi connectivity index (χ2n) is 9.79. The van der Waals surface area contributed by atoms with Crippen LogP contribution in [0.2, 0.25) is 0 Å². The monoisotopic (exact) mass is 592 g/mol. The minimum atomic E-state index is -1.03. The van der Waals surface area contributed by atoms with Gasteiger partial charge in [0.2, 0.25) is 0 Å². The third kappa shape index (κ3) is 6.33. The highest BCUT2D eigenvalue weighted by Gasteiger charge is 2.48. The summed E-state index contributed by atoms with van der Waals surface area (Å²) in [5.41, 5.74) is 1.23. The van der Waals surface area contributed by atoms with Gasteiger partial charge in [0.05, 0.1) is 42.0 Å². The van der Waals surface area contributed by atoms with Gasteiger partial charge in [-0.05, 0) is 69.2 Å². The summed E-state index contributed by atoms with van der Waals surface area (Å²) in [5, 5.41) is 11.7. The third-order valence-corrected chi connectivity index (χ3v) is 8.04. The number of anilines is 1. The molecule has 1 unspecified atom stereocenters. The van der Waals surface area contributed by atoms with Crippen LogP contribution >= 0.6 is 11.3 Å². The Bertz CT molecular complexity index is 1490. The van der Waals surface area contributed by atoms with E-state index in [4.69, 9.17) is 14.2 Å². The van der Waals surface area contributed by atoms with Gasteiger partial charge in [0.1, 0.15) is 11.5 Å². The molecular weight excluding hydrogens is 556 g/mol. The molecule has 1 aromatic heterocycles. The van der Waals surface area contributed by atoms with Crippen molar-refractivity contribution in [1.29, 1.82) is 0 Å². The predicted octanol–water partition coefficient (Wildman–Crippen LogP) is 6.65. The molecule has 1 N–H and O–H groups in total. The van der Waals surface area contributed by atoms with E-state index in [1.807, 2.05) is 13.8 Å². The molecule has 0 saturated carbocycles. The molecule has 9 nitrogen and oxygen atoms in total. The van der Waals surface area contributed by atoms with E-state index in [1.165, 1.54) is 11.8 Å². The Morgan fingerprint density at radius 3 is 2.31 bits per heavy atom. The first kappa shape index (κ1) is 30.8. The number of aryl methyl sites for hydroxylation is 1. The molecule has 2 aromatic carbocycles. The number of benzene rings is 2. The second-order valence-corrected chi connectivity index (χ2v) is 10.8. The van der Waals surface area contributed by atoms with E-state index in [2.05, 4.69) is 11.9 Å². The minimum Gasteiger partial charge on any atom is -0.507 e. The van der Waals surface area contributed by atoms with Crippen molar-refractivity contribution in [3.63, 3.8) is 0 Å². The zero-order chi connectivity index (χ0) is 30.4. The molecule has 1 amide bonds. The van der Waals surface area contributed by atoms with Crippen LogP contribution in [0.1, 0.15) is 79.5 Å². The first-order valence-corrected chi connectivity index (χ1v) is 14.9. The van der Waals surface area contributed by atoms with Gasteiger partial charge in [-0.2, -0.15) is 0 Å². The third-order valence-electron chi connectivity index (χ3n) is 6.78. The molecule has 222 valence electrons. The molecule has 0 aliphatic carbocycles. The molecule has 1 aliphatic heterocycles. The number of thiazole rings is 1. The summed E-state index contributed by atoms with van der Waals surface area (Å²) in [6.45, 7) is 10.3. The Morgan fingerprint density at radius 1 is 0.976 bits per heavy atom. The average Bonchev–Trinajstić information content (AvgIpc) is 3.48. The van der Waals surface area contributed by atoms with Crippen LogP contribution in [0.25, 0.3) is 5.76 Å². The molecule has 4 rings (SSSR count). The number of ketones is 2. The number of nitrogens with zero attached hydrogens (tertiary/aromatic N) is 2. The topological polar surface area (TPSA) is 115 Å². The highest BCUT2D eigenvalue weighted by molar-refractivity contribution is 7.18. The number of hydrogen-bond acceptors (Lipinski definition) is 9. The summed E-state index contributed by atoms with van der Waals surface area (Å²) in [7, 11) is 0. The maximum atomic E-state index is 13.6. The molecule has 1 saturated heterocycles. The smallest absolute Gasteiger partial charge is 0.301 e. The summed E-state index contributed by atoms with van der Waals surface area (Å²) in [6, 6.07) is 10.8. The van der Waals surface area contributed by atoms with Crippen LogP contribution in [0.15, 0.2) is 48.0 Å². The fourth-order valence-corrected chi connectivity index (χ4v) is 5.79. The van der Waals surface area contributed by atoms with Crippen molar-refractivity contribution in [3.8, 4) is 17.2 Å². The minimum absolute atomic E-state index is 0.0968. The maximum absolute atomic E-state index is 13.6. The zero-order valence-corrected chi connectivity index (χ0v) is 25.4. The lowest BCUT2D eigenvalue weighted by Gasteiger charge is -2.24. The molecule has 0 bridgehead atoms. The highest BCUT2D eigenvalue weighted by Crippen LogP contribution is 2.45. The standard InChI is InChI=1S/C32H36N2O7S/c1-6-9-10-17-41-24-16-13-22(18-25(24)40-8-3)27-26(28(36)21-11-14-23(15-12-21)39-7-2)29(37)31(38)34(27)32-33-19(4)30(42-32)20(5)35/h11-16,18,27,36H,6-10,17H2,1-5H3. The van der Waals surface area contributed by atoms with Crippen molar-refractivity contribution < 1.29 is 33.7 Å². The van der Waals surface area contributed by atoms with Crippen LogP contribution in [-0.2, 0) is 9.59 Å². The number of carbonyl (C=O) groups is 3. The summed E-state index contributed by atoms with van der Waals surface area (Å²) in [4.78, 5) is 45.5. The van der Waals surface area contributed by atoms with Crippen LogP contribution in [0.4, 0.5) is 5.13 Å². The first-order valence-electron chi connectivity index (χ1n) is 14.1. The number of aromatic nitrogens is 1. The van der Waals surface area contributed by atoms with Crippen molar-refractivity contribution in [3.05, 3.63) is 69.7 Å². The predicted molar refractivity (Wildman–Crippen MR) is 162 cm³/mol. The lowest BCUT2D eigenvalue weighted by molar-refractivity contribution is -0.132. The van der Waals surface area contributed by atoms with E-state index in [0.717, 1.165) is 30.6 Å². The normalized spacial score (nSPS) is 16.1. The van der Waals surface area contributed by atoms with E-state index >= 15 is 0 Å². The molecule has 3 aromatic rings. The molecule has 2 heterocycles. The summed E-state index contributed by atoms with van der Waals surface area (Å²) >= 11 is 1.03. The fraction of sp³-hybridized carbons (Fsp3) is 0.375. The molecule has 1 fully saturated rings. The van der Waals surface area contributed by atoms with Crippen molar-refractivity contribution in [2.24, 2.45) is 0 Å². The Morgan fingerprint density at radius 2 is 1.69 bits per heavy atom. The summed E-state index contributed by atoms with van der Waals surface area (Å²) in [6.07, 6.45) is 3.00. The van der Waals surface area contributed by atoms with Gasteiger partial charge in [-0.1, -0.05) is 37.2 Å². The fourth-order valence-electron chi connectivity index (χ4n) is 4.80. The number of aliphatic hydroxyl groups is 1. The number of carbonyl (C=O) groups excluding carboxylic acids is 3. The van der Waals surface area contributed by atoms with E-state index < -0.39 is 17.7 Å². The van der Waals surface area contributed by atoms with Gasteiger partial charge in [0, 0.05) is 12.5 Å². The van der Waals surface area contributed by atoms with Crippen LogP contribution in [0, 0.1) is 6.92 Å². The number of unbranched alkanes of at least 4 members (excludes halogenated alkanes) is 2. The zero-order valence-electron chi connectivity index (χ0n) is 24.6. The second kappa shape index (κ2) is 13.7. The van der Waals surface area contributed by atoms with E-state index in [1.54, 1.807) is 49.4 Å². The van der Waals surface area contributed by atoms with Crippen LogP contribution in [0.3, 0.4) is 0 Å². The van der Waals surface area contributed by atoms with Gasteiger partial charge in [-0.15, -0.1) is 0 Å². The maximum Gasteiger partial charge on any atom is 0.301 e. The molecule has 42 heavy (non-hydrogen) atoms. The highest BCUT2D eigenvalue weighted by atomic mass is 32.1. The molecule has 10 heteroatoms. The number of Topliss-reactive ketones (excluding diaryl/α,β-unsaturated/α-hetero) is 2. The average molecular weight is 593 g/mol. The largest absolute Gasteiger partial charge is 0.507 e. The molecule has 0 spiro atoms. The van der Waals surface area contributed by atoms with Gasteiger partial charge < -0.3 is 19.3 Å². The first-order chi connectivity index (χ1) is 20.2. The lowest BCUT2D eigenvalue weighted by atomic mass is 9.95. The summed E-state index contributed by atoms with van der Waals surface area (Å²) < 4.78 is 17.4. The number of hydrogen-bond donors (Lipinski definition) is 1. The van der Waals surface area contributed by atoms with E-state index in [0.29, 0.717) is 58.8 Å². The Labute approximate surface area is 249 Å². The Hall–Kier alpha value is -4.18. The van der Waals surface area contributed by atoms with Crippen LogP contribution < -0.4 is 19.1 Å². The molecule has 0 radical (unpaired) electrons. The quantitative estimate of drug-likeness (QED) is 0.0772. The number of amides is 1. The van der Waals surface area contributed by atoms with Crippen molar-refractivity contribution in [2.75, 3.05) is 24.7 Å². The Balaban J connectivity index is 1.87. The van der Waals surface area contributed by atoms with Crippen molar-refractivity contribution >= 4 is 39.7 Å². The van der Waals surface area contributed by atoms with Gasteiger partial charge in [0.25, 0.3) is 5.78 Å². The van der Waals surface area contributed by atoms with Crippen molar-refractivity contribution in [2.45, 2.75) is 59.9 Å². The lowest BCUT2D eigenvalue weighted by Crippen LogP contribution is -2.29. The van der Waals surface area contributed by atoms with Gasteiger partial charge in [-0.3, -0.25) is 19.3 Å². The van der Waals surface area contributed by atoms with E-state index in [9.17, 15) is 19.5 Å². The van der Waals surface area contributed by atoms with Gasteiger partial charge in [-0.25, -0.2) is 4.98 Å². The van der Waals surface area contributed by atoms with Gasteiger partial charge >= 0.3 is 5.91 Å². The number of rotatable bonds is 13. The number of aliphatic hydroxyl groups excluding tert-OH is 1. The van der Waals surface area contributed by atoms with Crippen LogP contribution in [-0.4, -0.2) is 47.4 Å². The molecule has 1 aliphatic rings. The van der Waals surface area contributed by atoms with Crippen molar-refractivity contribution in [1.82, 2.24) is 4.98 Å². The summed E-state index contributed by atoms with van der Waals surface area (Å²) in [5.74, 6) is -0.626. The molecular formula is C32H36N2O7S. The van der Waals surface area contributed by atoms with Gasteiger partial charge in [0.15, 0.2) is 22.4 Å². The SMILES string of the molecule is CCCCCOc1ccc(C2C(=C(O)c3ccc(OCC)cc3)C(=O)C(=O)N2c2nc(C)c(C(C)=O)s2)cc1OCC. The Kier molecular flexibility index (Phi) is 10.0. The van der Waals surface area contributed by atoms with Crippen LogP contribution in [0.5, 0.6) is 17.2 Å².